The maximum Gasteiger partial charge on any atom is 0.219 e. The fourth-order valence-electron chi connectivity index (χ4n) is 2.71. The Labute approximate surface area is 171 Å². The van der Waals surface area contributed by atoms with Crippen LogP contribution in [-0.2, 0) is 15.6 Å². The second kappa shape index (κ2) is 8.21. The van der Waals surface area contributed by atoms with E-state index in [-0.39, 0.29) is 17.5 Å². The Balaban J connectivity index is 1.96. The molecule has 29 heavy (non-hydrogen) atoms. The molecule has 0 radical (unpaired) electrons. The van der Waals surface area contributed by atoms with Crippen LogP contribution in [0.15, 0.2) is 59.8 Å². The van der Waals surface area contributed by atoms with Crippen molar-refractivity contribution in [2.75, 3.05) is 11.5 Å². The number of carbonyl (C=O) groups excluding carboxylic acids is 1. The Morgan fingerprint density at radius 3 is 2.31 bits per heavy atom. The first kappa shape index (κ1) is 20.8. The predicted octanol–water partition coefficient (Wildman–Crippen LogP) is 4.25. The number of ketones is 1. The first-order valence-corrected chi connectivity index (χ1v) is 10.4. The Morgan fingerprint density at radius 2 is 1.69 bits per heavy atom. The van der Waals surface area contributed by atoms with Crippen molar-refractivity contribution in [2.45, 2.75) is 25.7 Å². The minimum atomic E-state index is -1.53. The molecule has 1 aromatic heterocycles. The molecular weight excluding hydrogens is 389 g/mol. The molecule has 3 aromatic rings. The van der Waals surface area contributed by atoms with E-state index in [0.717, 1.165) is 0 Å². The van der Waals surface area contributed by atoms with Crippen LogP contribution in [0.2, 0.25) is 0 Å². The van der Waals surface area contributed by atoms with E-state index in [0.29, 0.717) is 27.1 Å². The van der Waals surface area contributed by atoms with Crippen molar-refractivity contribution in [1.82, 2.24) is 9.97 Å². The van der Waals surface area contributed by atoms with Crippen molar-refractivity contribution >= 4 is 22.5 Å². The van der Waals surface area contributed by atoms with E-state index in [4.69, 9.17) is 5.73 Å². The average molecular weight is 412 g/mol. The highest BCUT2D eigenvalue weighted by Crippen LogP contribution is 2.31. The number of nitrogens with zero attached hydrogens (tertiary/aromatic N) is 2. The lowest BCUT2D eigenvalue weighted by atomic mass is 9.92. The molecule has 0 aliphatic carbocycles. The number of hydrogen-bond donors (Lipinski definition) is 1. The highest BCUT2D eigenvalue weighted by Gasteiger charge is 2.24. The monoisotopic (exact) mass is 411 g/mol. The van der Waals surface area contributed by atoms with Gasteiger partial charge in [-0.1, -0.05) is 51.1 Å². The number of nitrogens with two attached hydrogens (primary N) is 1. The summed E-state index contributed by atoms with van der Waals surface area (Å²) in [5.74, 6) is -0.506. The fraction of sp³-hybridized carbons (Fsp3) is 0.227. The molecule has 7 heteroatoms. The zero-order chi connectivity index (χ0) is 21.2. The highest BCUT2D eigenvalue weighted by atomic mass is 32.2. The molecule has 0 aliphatic rings. The Morgan fingerprint density at radius 1 is 1.03 bits per heavy atom. The summed E-state index contributed by atoms with van der Waals surface area (Å²) < 4.78 is 27.7. The molecule has 0 fully saturated rings. The number of aromatic nitrogens is 2. The molecule has 0 spiro atoms. The second-order valence-corrected chi connectivity index (χ2v) is 9.10. The maximum absolute atomic E-state index is 14.8. The molecule has 0 saturated carbocycles. The van der Waals surface area contributed by atoms with Crippen LogP contribution in [0.4, 0.5) is 10.3 Å². The first-order chi connectivity index (χ1) is 13.7. The molecule has 5 nitrogen and oxygen atoms in total. The topological polar surface area (TPSA) is 85.9 Å². The summed E-state index contributed by atoms with van der Waals surface area (Å²) in [5, 5.41) is 0. The van der Waals surface area contributed by atoms with Crippen LogP contribution in [-0.4, -0.2) is 25.7 Å². The number of benzene rings is 2. The van der Waals surface area contributed by atoms with Gasteiger partial charge in [0.15, 0.2) is 5.78 Å². The van der Waals surface area contributed by atoms with Gasteiger partial charge in [-0.15, -0.1) is 0 Å². The SMILES string of the molecule is CC(C)(C)C(=O)CS(=O)c1ccccc1-c1ccc(-c2cnc(N)nc2)c(F)c1. The number of hydrogen-bond acceptors (Lipinski definition) is 5. The third-order valence-electron chi connectivity index (χ3n) is 4.49. The molecule has 1 unspecified atom stereocenters. The Hall–Kier alpha value is -2.93. The Kier molecular flexibility index (Phi) is 5.88. The summed E-state index contributed by atoms with van der Waals surface area (Å²) in [5.41, 5.74) is 6.97. The quantitative estimate of drug-likeness (QED) is 0.678. The van der Waals surface area contributed by atoms with Crippen LogP contribution in [0.5, 0.6) is 0 Å². The van der Waals surface area contributed by atoms with Crippen LogP contribution in [0.3, 0.4) is 0 Å². The summed E-state index contributed by atoms with van der Waals surface area (Å²) in [7, 11) is -1.53. The zero-order valence-corrected chi connectivity index (χ0v) is 17.3. The van der Waals surface area contributed by atoms with Gasteiger partial charge in [0.05, 0.1) is 16.6 Å². The van der Waals surface area contributed by atoms with Gasteiger partial charge in [-0.2, -0.15) is 0 Å². The molecule has 0 bridgehead atoms. The standard InChI is InChI=1S/C22H22FN3O2S/c1-22(2,3)20(27)13-29(28)19-7-5-4-6-17(19)14-8-9-16(18(23)10-14)15-11-25-21(24)26-12-15/h4-12H,13H2,1-3H3,(H2,24,25,26). The smallest absolute Gasteiger partial charge is 0.219 e. The van der Waals surface area contributed by atoms with Gasteiger partial charge in [-0.25, -0.2) is 14.4 Å². The minimum absolute atomic E-state index is 0.0795. The molecule has 0 aliphatic heterocycles. The number of rotatable bonds is 5. The molecule has 1 heterocycles. The normalized spacial score (nSPS) is 12.6. The third-order valence-corrected chi connectivity index (χ3v) is 5.86. The lowest BCUT2D eigenvalue weighted by Crippen LogP contribution is -2.25. The predicted molar refractivity (Wildman–Crippen MR) is 113 cm³/mol. The molecule has 3 rings (SSSR count). The second-order valence-electron chi connectivity index (χ2n) is 7.68. The number of carbonyl (C=O) groups is 1. The van der Waals surface area contributed by atoms with Crippen LogP contribution in [0.25, 0.3) is 22.3 Å². The van der Waals surface area contributed by atoms with Gasteiger partial charge in [-0.3, -0.25) is 9.00 Å². The van der Waals surface area contributed by atoms with Gasteiger partial charge in [0.2, 0.25) is 5.95 Å². The van der Waals surface area contributed by atoms with Crippen LogP contribution < -0.4 is 5.73 Å². The number of nitrogen functional groups attached to an aromatic ring is 1. The fourth-order valence-corrected chi connectivity index (χ4v) is 4.20. The average Bonchev–Trinajstić information content (AvgIpc) is 2.68. The molecule has 1 atom stereocenters. The van der Waals surface area contributed by atoms with Crippen molar-refractivity contribution in [3.8, 4) is 22.3 Å². The van der Waals surface area contributed by atoms with E-state index in [1.54, 1.807) is 57.2 Å². The molecule has 0 saturated heterocycles. The largest absolute Gasteiger partial charge is 0.368 e. The molecular formula is C22H22FN3O2S. The first-order valence-electron chi connectivity index (χ1n) is 9.05. The van der Waals surface area contributed by atoms with Crippen LogP contribution >= 0.6 is 0 Å². The van der Waals surface area contributed by atoms with Gasteiger partial charge in [0.1, 0.15) is 5.82 Å². The minimum Gasteiger partial charge on any atom is -0.368 e. The molecule has 2 aromatic carbocycles. The third kappa shape index (κ3) is 4.74. The van der Waals surface area contributed by atoms with Gasteiger partial charge in [0.25, 0.3) is 0 Å². The summed E-state index contributed by atoms with van der Waals surface area (Å²) in [6.07, 6.45) is 2.92. The van der Waals surface area contributed by atoms with Gasteiger partial charge >= 0.3 is 0 Å². The van der Waals surface area contributed by atoms with Crippen LogP contribution in [0.1, 0.15) is 20.8 Å². The molecule has 0 amide bonds. The Bertz CT molecular complexity index is 1080. The van der Waals surface area contributed by atoms with Crippen molar-refractivity contribution in [3.63, 3.8) is 0 Å². The van der Waals surface area contributed by atoms with E-state index in [1.165, 1.54) is 18.5 Å². The summed E-state index contributed by atoms with van der Waals surface area (Å²) in [4.78, 5) is 20.6. The zero-order valence-electron chi connectivity index (χ0n) is 16.5. The van der Waals surface area contributed by atoms with Crippen molar-refractivity contribution in [1.29, 1.82) is 0 Å². The highest BCUT2D eigenvalue weighted by molar-refractivity contribution is 7.86. The van der Waals surface area contributed by atoms with Crippen molar-refractivity contribution < 1.29 is 13.4 Å². The lowest BCUT2D eigenvalue weighted by Gasteiger charge is -2.17. The number of anilines is 1. The summed E-state index contributed by atoms with van der Waals surface area (Å²) in [6, 6.07) is 11.8. The molecule has 2 N–H and O–H groups in total. The summed E-state index contributed by atoms with van der Waals surface area (Å²) in [6.45, 7) is 5.40. The van der Waals surface area contributed by atoms with E-state index in [2.05, 4.69) is 9.97 Å². The number of halogens is 1. The van der Waals surface area contributed by atoms with Crippen molar-refractivity contribution in [3.05, 3.63) is 60.7 Å². The van der Waals surface area contributed by atoms with E-state index >= 15 is 0 Å². The molecule has 150 valence electrons. The lowest BCUT2D eigenvalue weighted by molar-refractivity contribution is -0.123. The van der Waals surface area contributed by atoms with Crippen LogP contribution in [0, 0.1) is 11.2 Å². The maximum atomic E-state index is 14.8. The van der Waals surface area contributed by atoms with E-state index in [1.807, 2.05) is 0 Å². The van der Waals surface area contributed by atoms with E-state index in [9.17, 15) is 13.4 Å². The van der Waals surface area contributed by atoms with Gasteiger partial charge < -0.3 is 5.73 Å². The van der Waals surface area contributed by atoms with Gasteiger partial charge in [-0.05, 0) is 23.3 Å². The summed E-state index contributed by atoms with van der Waals surface area (Å²) >= 11 is 0. The number of Topliss-reactive ketones (excluding diaryl/α,β-unsaturated/α-hetero) is 1. The van der Waals surface area contributed by atoms with E-state index < -0.39 is 22.0 Å². The van der Waals surface area contributed by atoms with Crippen molar-refractivity contribution in [2.24, 2.45) is 5.41 Å². The van der Waals surface area contributed by atoms with Gasteiger partial charge in [0, 0.05) is 33.8 Å².